The number of anilines is 1. The Kier molecular flexibility index (Phi) is 9.27. The minimum absolute atomic E-state index is 0.101. The van der Waals surface area contributed by atoms with E-state index in [0.29, 0.717) is 35.1 Å². The molecule has 10 nitrogen and oxygen atoms in total. The first-order chi connectivity index (χ1) is 17.5. The second kappa shape index (κ2) is 12.0. The summed E-state index contributed by atoms with van der Waals surface area (Å²) in [5, 5.41) is 6.20. The number of benzene rings is 2. The molecule has 0 unspecified atom stereocenters. The van der Waals surface area contributed by atoms with Crippen molar-refractivity contribution in [1.82, 2.24) is 10.0 Å². The van der Waals surface area contributed by atoms with Crippen LogP contribution in [0.2, 0.25) is 0 Å². The highest BCUT2D eigenvalue weighted by Crippen LogP contribution is 2.40. The third kappa shape index (κ3) is 7.50. The fourth-order valence-electron chi connectivity index (χ4n) is 4.00. The second-order valence-corrected chi connectivity index (χ2v) is 11.6. The van der Waals surface area contributed by atoms with E-state index in [0.717, 1.165) is 12.8 Å². The number of hydrogen-bond acceptors (Lipinski definition) is 8. The Balaban J connectivity index is 1.88. The molecule has 204 valence electrons. The number of nitrogens with one attached hydrogen (secondary N) is 3. The van der Waals surface area contributed by atoms with E-state index in [4.69, 9.17) is 18.9 Å². The minimum Gasteiger partial charge on any atom is -0.493 e. The van der Waals surface area contributed by atoms with Gasteiger partial charge >= 0.3 is 0 Å². The van der Waals surface area contributed by atoms with Crippen LogP contribution in [0, 0.1) is 0 Å². The molecule has 2 aromatic rings. The molecule has 3 N–H and O–H groups in total. The van der Waals surface area contributed by atoms with Gasteiger partial charge in [0.25, 0.3) is 0 Å². The first-order valence-corrected chi connectivity index (χ1v) is 13.6. The van der Waals surface area contributed by atoms with Crippen LogP contribution >= 0.6 is 0 Å². The molecular formula is C26H37N3O7S. The van der Waals surface area contributed by atoms with Crippen LogP contribution in [-0.4, -0.2) is 60.4 Å². The summed E-state index contributed by atoms with van der Waals surface area (Å²) in [6.45, 7) is 6.56. The van der Waals surface area contributed by atoms with Gasteiger partial charge in [0.05, 0.1) is 32.3 Å². The Labute approximate surface area is 219 Å². The lowest BCUT2D eigenvalue weighted by atomic mass is 10.0. The summed E-state index contributed by atoms with van der Waals surface area (Å²) in [4.78, 5) is 13.5. The highest BCUT2D eigenvalue weighted by molar-refractivity contribution is 7.89. The average Bonchev–Trinajstić information content (AvgIpc) is 3.38. The van der Waals surface area contributed by atoms with E-state index < -0.39 is 21.6 Å². The van der Waals surface area contributed by atoms with Crippen LogP contribution < -0.4 is 29.6 Å². The highest BCUT2D eigenvalue weighted by Gasteiger charge is 2.28. The molecule has 0 aromatic heterocycles. The smallest absolute Gasteiger partial charge is 0.247 e. The standard InChI is InChI=1S/C26H37N3O7S/c1-26(2,3)29-25(30)23(17-14-21(33-4)24(35-6)22(15-17)34-5)28-18-9-11-20(12-10-18)37(31,32)27-16-19-8-7-13-36-19/h9-12,14-15,19,23,27-28H,7-8,13,16H2,1-6H3,(H,29,30)/t19-,23+/m1/s1. The van der Waals surface area contributed by atoms with Gasteiger partial charge in [-0.15, -0.1) is 0 Å². The zero-order valence-electron chi connectivity index (χ0n) is 22.2. The molecule has 11 heteroatoms. The molecule has 2 atom stereocenters. The number of amides is 1. The molecule has 1 amide bonds. The molecule has 0 aliphatic carbocycles. The van der Waals surface area contributed by atoms with Crippen LogP contribution in [0.1, 0.15) is 45.2 Å². The lowest BCUT2D eigenvalue weighted by Gasteiger charge is -2.27. The van der Waals surface area contributed by atoms with Crippen molar-refractivity contribution in [2.75, 3.05) is 39.8 Å². The average molecular weight is 536 g/mol. The second-order valence-electron chi connectivity index (χ2n) is 9.79. The monoisotopic (exact) mass is 535 g/mol. The summed E-state index contributed by atoms with van der Waals surface area (Å²) >= 11 is 0. The van der Waals surface area contributed by atoms with Crippen LogP contribution in [0.4, 0.5) is 5.69 Å². The van der Waals surface area contributed by atoms with E-state index in [1.807, 2.05) is 20.8 Å². The van der Waals surface area contributed by atoms with Crippen molar-refractivity contribution in [2.24, 2.45) is 0 Å². The third-order valence-electron chi connectivity index (χ3n) is 5.78. The highest BCUT2D eigenvalue weighted by atomic mass is 32.2. The topological polar surface area (TPSA) is 124 Å². The number of rotatable bonds is 11. The van der Waals surface area contributed by atoms with Gasteiger partial charge < -0.3 is 29.6 Å². The zero-order chi connectivity index (χ0) is 27.2. The lowest BCUT2D eigenvalue weighted by molar-refractivity contribution is -0.123. The Bertz CT molecular complexity index is 1150. The Morgan fingerprint density at radius 3 is 2.16 bits per heavy atom. The van der Waals surface area contributed by atoms with Gasteiger partial charge in [-0.1, -0.05) is 0 Å². The number of carbonyl (C=O) groups excluding carboxylic acids is 1. The van der Waals surface area contributed by atoms with Crippen molar-refractivity contribution in [3.05, 3.63) is 42.0 Å². The zero-order valence-corrected chi connectivity index (χ0v) is 23.0. The Morgan fingerprint density at radius 1 is 1.05 bits per heavy atom. The van der Waals surface area contributed by atoms with Crippen molar-refractivity contribution in [3.63, 3.8) is 0 Å². The maximum atomic E-state index is 13.4. The number of carbonyl (C=O) groups is 1. The normalized spacial score (nSPS) is 16.6. The summed E-state index contributed by atoms with van der Waals surface area (Å²) in [6, 6.07) is 8.80. The molecule has 0 spiro atoms. The summed E-state index contributed by atoms with van der Waals surface area (Å²) in [5.41, 5.74) is 0.650. The molecule has 2 aromatic carbocycles. The van der Waals surface area contributed by atoms with E-state index in [-0.39, 0.29) is 23.5 Å². The SMILES string of the molecule is COc1cc([C@H](Nc2ccc(S(=O)(=O)NC[C@H]3CCCO3)cc2)C(=O)NC(C)(C)C)cc(OC)c1OC. The molecule has 0 saturated carbocycles. The van der Waals surface area contributed by atoms with E-state index in [9.17, 15) is 13.2 Å². The lowest BCUT2D eigenvalue weighted by Crippen LogP contribution is -2.44. The Morgan fingerprint density at radius 2 is 1.68 bits per heavy atom. The van der Waals surface area contributed by atoms with Gasteiger partial charge in [-0.2, -0.15) is 0 Å². The fourth-order valence-corrected chi connectivity index (χ4v) is 5.06. The predicted octanol–water partition coefficient (Wildman–Crippen LogP) is 3.24. The first-order valence-electron chi connectivity index (χ1n) is 12.1. The van der Waals surface area contributed by atoms with Crippen molar-refractivity contribution in [1.29, 1.82) is 0 Å². The van der Waals surface area contributed by atoms with Gasteiger partial charge in [0, 0.05) is 24.4 Å². The minimum atomic E-state index is -3.70. The van der Waals surface area contributed by atoms with Crippen molar-refractivity contribution in [3.8, 4) is 17.2 Å². The van der Waals surface area contributed by atoms with Gasteiger partial charge in [-0.25, -0.2) is 13.1 Å². The quantitative estimate of drug-likeness (QED) is 0.401. The Hall–Kier alpha value is -3.02. The van der Waals surface area contributed by atoms with E-state index in [2.05, 4.69) is 15.4 Å². The molecule has 1 aliphatic rings. The number of ether oxygens (including phenoxy) is 4. The summed E-state index contributed by atoms with van der Waals surface area (Å²) in [7, 11) is 0.822. The van der Waals surface area contributed by atoms with Crippen LogP contribution in [-0.2, 0) is 19.6 Å². The summed E-state index contributed by atoms with van der Waals surface area (Å²) in [5.74, 6) is 0.947. The third-order valence-corrected chi connectivity index (χ3v) is 7.22. The van der Waals surface area contributed by atoms with Crippen LogP contribution in [0.5, 0.6) is 17.2 Å². The molecule has 37 heavy (non-hydrogen) atoms. The van der Waals surface area contributed by atoms with Gasteiger partial charge in [-0.05, 0) is 75.6 Å². The van der Waals surface area contributed by atoms with Gasteiger partial charge in [-0.3, -0.25) is 4.79 Å². The first kappa shape index (κ1) is 28.5. The van der Waals surface area contributed by atoms with Crippen molar-refractivity contribution in [2.45, 2.75) is 56.2 Å². The van der Waals surface area contributed by atoms with Crippen molar-refractivity contribution >= 4 is 21.6 Å². The predicted molar refractivity (Wildman–Crippen MR) is 141 cm³/mol. The van der Waals surface area contributed by atoms with Gasteiger partial charge in [0.15, 0.2) is 11.5 Å². The van der Waals surface area contributed by atoms with E-state index in [1.165, 1.54) is 33.5 Å². The number of hydrogen-bond donors (Lipinski definition) is 3. The number of sulfonamides is 1. The molecule has 0 bridgehead atoms. The molecule has 1 saturated heterocycles. The molecule has 1 aliphatic heterocycles. The fraction of sp³-hybridized carbons (Fsp3) is 0.500. The van der Waals surface area contributed by atoms with E-state index in [1.54, 1.807) is 24.3 Å². The summed E-state index contributed by atoms with van der Waals surface area (Å²) < 4.78 is 49.9. The molecular weight excluding hydrogens is 498 g/mol. The number of methoxy groups -OCH3 is 3. The molecule has 1 fully saturated rings. The maximum Gasteiger partial charge on any atom is 0.247 e. The van der Waals surface area contributed by atoms with Crippen LogP contribution in [0.15, 0.2) is 41.3 Å². The molecule has 3 rings (SSSR count). The van der Waals surface area contributed by atoms with Gasteiger partial charge in [0.1, 0.15) is 6.04 Å². The molecule has 1 heterocycles. The van der Waals surface area contributed by atoms with Crippen molar-refractivity contribution < 1.29 is 32.2 Å². The van der Waals surface area contributed by atoms with Gasteiger partial charge in [0.2, 0.25) is 21.7 Å². The van der Waals surface area contributed by atoms with Crippen LogP contribution in [0.25, 0.3) is 0 Å². The molecule has 0 radical (unpaired) electrons. The van der Waals surface area contributed by atoms with Crippen LogP contribution in [0.3, 0.4) is 0 Å². The largest absolute Gasteiger partial charge is 0.493 e. The maximum absolute atomic E-state index is 13.4. The summed E-state index contributed by atoms with van der Waals surface area (Å²) in [6.07, 6.45) is 1.67. The van der Waals surface area contributed by atoms with E-state index >= 15 is 0 Å².